The highest BCUT2D eigenvalue weighted by atomic mass is 16.2. The number of hydrogen-bond acceptors (Lipinski definition) is 2. The van der Waals surface area contributed by atoms with E-state index in [4.69, 9.17) is 0 Å². The standard InChI is InChI=1S/C40H58N2O2/c1-6-12-31(5)40(34-15-9-8-10-16-34)25-23-39(24-26-40)22-21-36(38(44)42(39)28-32-13-11-14-32)30(4)27-37(43)41-35-19-17-29(3)33(7-2)18-20-35/h8-10,15-20,30-33,36H,6-7,11-14,21-28H2,1-5H3,(H,41,43). The van der Waals surface area contributed by atoms with Gasteiger partial charge in [-0.3, -0.25) is 9.59 Å². The third-order valence-electron chi connectivity index (χ3n) is 12.4. The molecule has 4 unspecified atom stereocenters. The van der Waals surface area contributed by atoms with Gasteiger partial charge in [-0.2, -0.15) is 0 Å². The molecule has 3 aliphatic carbocycles. The van der Waals surface area contributed by atoms with Crippen LogP contribution in [0.2, 0.25) is 0 Å². The molecule has 4 atom stereocenters. The van der Waals surface area contributed by atoms with Gasteiger partial charge in [0.1, 0.15) is 0 Å². The molecule has 2 amide bonds. The summed E-state index contributed by atoms with van der Waals surface area (Å²) in [6.07, 6.45) is 22.5. The summed E-state index contributed by atoms with van der Waals surface area (Å²) in [4.78, 5) is 30.1. The maximum atomic E-state index is 14.5. The van der Waals surface area contributed by atoms with Crippen LogP contribution < -0.4 is 5.32 Å². The molecule has 0 aromatic heterocycles. The molecule has 0 radical (unpaired) electrons. The van der Waals surface area contributed by atoms with E-state index in [9.17, 15) is 9.59 Å². The van der Waals surface area contributed by atoms with Gasteiger partial charge < -0.3 is 10.2 Å². The second-order valence-corrected chi connectivity index (χ2v) is 15.0. The van der Waals surface area contributed by atoms with Crippen molar-refractivity contribution >= 4 is 11.8 Å². The van der Waals surface area contributed by atoms with Gasteiger partial charge >= 0.3 is 0 Å². The smallest absolute Gasteiger partial charge is 0.226 e. The topological polar surface area (TPSA) is 49.4 Å². The number of piperidine rings is 1. The average Bonchev–Trinajstić information content (AvgIpc) is 3.17. The van der Waals surface area contributed by atoms with Crippen LogP contribution in [0.3, 0.4) is 0 Å². The summed E-state index contributed by atoms with van der Waals surface area (Å²) in [7, 11) is 0. The van der Waals surface area contributed by atoms with E-state index in [0.717, 1.165) is 57.2 Å². The van der Waals surface area contributed by atoms with Crippen LogP contribution in [0, 0.1) is 29.6 Å². The van der Waals surface area contributed by atoms with Crippen LogP contribution in [0.1, 0.15) is 124 Å². The fourth-order valence-electron chi connectivity index (χ4n) is 9.05. The van der Waals surface area contributed by atoms with Crippen molar-refractivity contribution in [3.8, 4) is 0 Å². The first-order chi connectivity index (χ1) is 21.2. The molecule has 1 aromatic rings. The molecule has 1 aliphatic heterocycles. The third-order valence-corrected chi connectivity index (χ3v) is 12.4. The van der Waals surface area contributed by atoms with Crippen molar-refractivity contribution in [3.63, 3.8) is 0 Å². The van der Waals surface area contributed by atoms with Crippen molar-refractivity contribution in [3.05, 3.63) is 71.5 Å². The summed E-state index contributed by atoms with van der Waals surface area (Å²) in [5.74, 6) is 1.99. The molecule has 3 fully saturated rings. The van der Waals surface area contributed by atoms with Gasteiger partial charge in [-0.25, -0.2) is 0 Å². The Kier molecular flexibility index (Phi) is 10.6. The first kappa shape index (κ1) is 32.8. The number of carbonyl (C=O) groups is 2. The fraction of sp³-hybridized carbons (Fsp3) is 0.650. The number of carbonyl (C=O) groups excluding carboxylic acids is 2. The van der Waals surface area contributed by atoms with E-state index in [1.165, 1.54) is 43.2 Å². The van der Waals surface area contributed by atoms with Crippen molar-refractivity contribution in [2.75, 3.05) is 6.54 Å². The molecule has 4 nitrogen and oxygen atoms in total. The predicted octanol–water partition coefficient (Wildman–Crippen LogP) is 9.28. The quantitative estimate of drug-likeness (QED) is 0.276. The number of allylic oxidation sites excluding steroid dienone is 5. The zero-order chi connectivity index (χ0) is 31.3. The van der Waals surface area contributed by atoms with Crippen LogP contribution >= 0.6 is 0 Å². The number of nitrogens with one attached hydrogen (secondary N) is 1. The Morgan fingerprint density at radius 3 is 2.36 bits per heavy atom. The summed E-state index contributed by atoms with van der Waals surface area (Å²) in [5.41, 5.74) is 3.83. The van der Waals surface area contributed by atoms with Crippen LogP contribution in [0.15, 0.2) is 65.9 Å². The van der Waals surface area contributed by atoms with Gasteiger partial charge in [0, 0.05) is 30.1 Å². The highest BCUT2D eigenvalue weighted by Gasteiger charge is 2.53. The number of benzene rings is 1. The van der Waals surface area contributed by atoms with Crippen molar-refractivity contribution in [2.45, 2.75) is 129 Å². The first-order valence-electron chi connectivity index (χ1n) is 17.9. The lowest BCUT2D eigenvalue weighted by atomic mass is 9.56. The zero-order valence-electron chi connectivity index (χ0n) is 28.2. The zero-order valence-corrected chi connectivity index (χ0v) is 28.2. The van der Waals surface area contributed by atoms with Crippen molar-refractivity contribution in [1.82, 2.24) is 10.2 Å². The maximum absolute atomic E-state index is 14.5. The van der Waals surface area contributed by atoms with Crippen molar-refractivity contribution in [1.29, 1.82) is 0 Å². The minimum absolute atomic E-state index is 0.0169. The second kappa shape index (κ2) is 14.2. The SMILES string of the molecule is CCCC(C)C1(c2ccccc2)CCC2(CCC(C(C)CC(=O)NC3=CC=C(C)C(CC)C=C3)C(=O)N2CC2CCC2)CC1. The van der Waals surface area contributed by atoms with E-state index in [-0.39, 0.29) is 28.7 Å². The van der Waals surface area contributed by atoms with Gasteiger partial charge in [-0.1, -0.05) is 95.0 Å². The lowest BCUT2D eigenvalue weighted by molar-refractivity contribution is -0.156. The minimum Gasteiger partial charge on any atom is -0.336 e. The number of amides is 2. The lowest BCUT2D eigenvalue weighted by Gasteiger charge is -2.58. The van der Waals surface area contributed by atoms with Gasteiger partial charge in [0.2, 0.25) is 11.8 Å². The Morgan fingerprint density at radius 2 is 1.73 bits per heavy atom. The van der Waals surface area contributed by atoms with Crippen LogP contribution in [-0.2, 0) is 15.0 Å². The molecule has 1 spiro atoms. The lowest BCUT2D eigenvalue weighted by Crippen LogP contribution is -2.62. The number of rotatable bonds is 11. The van der Waals surface area contributed by atoms with Gasteiger partial charge in [0.25, 0.3) is 0 Å². The molecular weight excluding hydrogens is 540 g/mol. The molecule has 44 heavy (non-hydrogen) atoms. The monoisotopic (exact) mass is 598 g/mol. The molecule has 1 saturated heterocycles. The highest BCUT2D eigenvalue weighted by Crippen LogP contribution is 2.54. The van der Waals surface area contributed by atoms with Crippen LogP contribution in [-0.4, -0.2) is 28.8 Å². The Labute approximate surface area is 267 Å². The van der Waals surface area contributed by atoms with Crippen LogP contribution in [0.4, 0.5) is 0 Å². The number of likely N-dealkylation sites (tertiary alicyclic amines) is 1. The largest absolute Gasteiger partial charge is 0.336 e. The molecule has 0 bridgehead atoms. The van der Waals surface area contributed by atoms with E-state index in [2.05, 4.69) is 87.3 Å². The molecule has 5 rings (SSSR count). The molecule has 1 heterocycles. The Bertz CT molecular complexity index is 1230. The van der Waals surface area contributed by atoms with Gasteiger partial charge in [-0.15, -0.1) is 0 Å². The van der Waals surface area contributed by atoms with E-state index < -0.39 is 0 Å². The highest BCUT2D eigenvalue weighted by molar-refractivity contribution is 5.83. The summed E-state index contributed by atoms with van der Waals surface area (Å²) < 4.78 is 0. The molecule has 2 saturated carbocycles. The third kappa shape index (κ3) is 6.80. The molecule has 240 valence electrons. The first-order valence-corrected chi connectivity index (χ1v) is 17.9. The Balaban J connectivity index is 1.29. The van der Waals surface area contributed by atoms with Crippen LogP contribution in [0.25, 0.3) is 0 Å². The number of nitrogens with zero attached hydrogens (tertiary/aromatic N) is 1. The van der Waals surface area contributed by atoms with Crippen molar-refractivity contribution in [2.24, 2.45) is 29.6 Å². The Hall–Kier alpha value is -2.62. The van der Waals surface area contributed by atoms with Crippen molar-refractivity contribution < 1.29 is 9.59 Å². The number of hydrogen-bond donors (Lipinski definition) is 1. The van der Waals surface area contributed by atoms with E-state index >= 15 is 0 Å². The summed E-state index contributed by atoms with van der Waals surface area (Å²) in [6, 6.07) is 11.3. The Morgan fingerprint density at radius 1 is 1.00 bits per heavy atom. The predicted molar refractivity (Wildman–Crippen MR) is 182 cm³/mol. The van der Waals surface area contributed by atoms with Gasteiger partial charge in [-0.05, 0) is 112 Å². The average molecular weight is 599 g/mol. The molecular formula is C40H58N2O2. The molecule has 1 N–H and O–H groups in total. The minimum atomic E-state index is -0.0726. The second-order valence-electron chi connectivity index (χ2n) is 15.0. The van der Waals surface area contributed by atoms with Crippen LogP contribution in [0.5, 0.6) is 0 Å². The van der Waals surface area contributed by atoms with E-state index in [1.807, 2.05) is 12.2 Å². The molecule has 4 heteroatoms. The normalized spacial score (nSPS) is 30.7. The van der Waals surface area contributed by atoms with E-state index in [0.29, 0.717) is 30.1 Å². The fourth-order valence-corrected chi connectivity index (χ4v) is 9.05. The molecule has 4 aliphatic rings. The van der Waals surface area contributed by atoms with E-state index in [1.54, 1.807) is 0 Å². The summed E-state index contributed by atoms with van der Waals surface area (Å²) in [6.45, 7) is 12.2. The molecule has 1 aromatic carbocycles. The van der Waals surface area contributed by atoms with Gasteiger partial charge in [0.15, 0.2) is 0 Å². The summed E-state index contributed by atoms with van der Waals surface area (Å²) in [5, 5.41) is 3.14. The maximum Gasteiger partial charge on any atom is 0.226 e. The summed E-state index contributed by atoms with van der Waals surface area (Å²) >= 11 is 0. The van der Waals surface area contributed by atoms with Gasteiger partial charge in [0.05, 0.1) is 0 Å².